The van der Waals surface area contributed by atoms with Gasteiger partial charge in [0.15, 0.2) is 0 Å². The number of likely N-dealkylation sites (N-methyl/N-ethyl adjacent to an activating group) is 2. The fraction of sp³-hybridized carbons (Fsp3) is 0.417. The summed E-state index contributed by atoms with van der Waals surface area (Å²) in [4.78, 5) is 13.8. The molecule has 0 atom stereocenters. The van der Waals surface area contributed by atoms with Gasteiger partial charge in [-0.3, -0.25) is 4.79 Å². The Morgan fingerprint density at radius 2 is 2.19 bits per heavy atom. The van der Waals surface area contributed by atoms with E-state index in [0.29, 0.717) is 6.54 Å². The molecule has 1 aromatic carbocycles. The highest BCUT2D eigenvalue weighted by atomic mass is 79.9. The molecule has 1 N–H and O–H groups in total. The maximum Gasteiger partial charge on any atom is 0.253 e. The zero-order valence-electron chi connectivity index (χ0n) is 9.88. The third kappa shape index (κ3) is 3.32. The molecule has 0 aliphatic heterocycles. The number of rotatable bonds is 4. The molecular formula is C12H17BrN2O. The highest BCUT2D eigenvalue weighted by Crippen LogP contribution is 2.17. The van der Waals surface area contributed by atoms with Crippen LogP contribution in [0.5, 0.6) is 0 Å². The van der Waals surface area contributed by atoms with Crippen LogP contribution in [0.4, 0.5) is 0 Å². The van der Waals surface area contributed by atoms with Crippen LogP contribution >= 0.6 is 15.9 Å². The molecule has 0 spiro atoms. The van der Waals surface area contributed by atoms with Crippen molar-refractivity contribution in [1.82, 2.24) is 10.2 Å². The Morgan fingerprint density at radius 3 is 2.81 bits per heavy atom. The first-order chi connectivity index (χ1) is 7.56. The normalized spacial score (nSPS) is 10.2. The number of halogens is 1. The SMILES string of the molecule is CNCCN(C)C(=O)c1cc(Br)ccc1C. The molecule has 0 unspecified atom stereocenters. The van der Waals surface area contributed by atoms with Crippen molar-refractivity contribution in [1.29, 1.82) is 0 Å². The topological polar surface area (TPSA) is 32.3 Å². The van der Waals surface area contributed by atoms with Crippen LogP contribution in [0.2, 0.25) is 0 Å². The Balaban J connectivity index is 2.83. The van der Waals surface area contributed by atoms with Crippen LogP contribution in [-0.4, -0.2) is 38.0 Å². The minimum Gasteiger partial charge on any atom is -0.340 e. The third-order valence-corrected chi connectivity index (χ3v) is 2.97. The van der Waals surface area contributed by atoms with E-state index < -0.39 is 0 Å². The van der Waals surface area contributed by atoms with Crippen LogP contribution in [0.25, 0.3) is 0 Å². The lowest BCUT2D eigenvalue weighted by Crippen LogP contribution is -2.33. The molecule has 0 saturated carbocycles. The molecule has 1 aromatic rings. The predicted molar refractivity (Wildman–Crippen MR) is 69.8 cm³/mol. The summed E-state index contributed by atoms with van der Waals surface area (Å²) in [5, 5.41) is 3.03. The lowest BCUT2D eigenvalue weighted by atomic mass is 10.1. The first-order valence-electron chi connectivity index (χ1n) is 5.22. The molecule has 0 aromatic heterocycles. The average molecular weight is 285 g/mol. The molecule has 0 aliphatic rings. The lowest BCUT2D eigenvalue weighted by molar-refractivity contribution is 0.0796. The van der Waals surface area contributed by atoms with Crippen LogP contribution < -0.4 is 5.32 Å². The maximum absolute atomic E-state index is 12.1. The summed E-state index contributed by atoms with van der Waals surface area (Å²) in [6, 6.07) is 5.76. The number of hydrogen-bond acceptors (Lipinski definition) is 2. The van der Waals surface area contributed by atoms with Crippen LogP contribution in [0, 0.1) is 6.92 Å². The molecule has 16 heavy (non-hydrogen) atoms. The predicted octanol–water partition coefficient (Wildman–Crippen LogP) is 2.05. The molecule has 0 fully saturated rings. The van der Waals surface area contributed by atoms with E-state index in [1.165, 1.54) is 0 Å². The van der Waals surface area contributed by atoms with Crippen molar-refractivity contribution in [2.24, 2.45) is 0 Å². The van der Waals surface area contributed by atoms with Gasteiger partial charge in [0.05, 0.1) is 0 Å². The summed E-state index contributed by atoms with van der Waals surface area (Å²) < 4.78 is 0.934. The van der Waals surface area contributed by atoms with Crippen LogP contribution in [0.3, 0.4) is 0 Å². The van der Waals surface area contributed by atoms with Gasteiger partial charge in [-0.15, -0.1) is 0 Å². The summed E-state index contributed by atoms with van der Waals surface area (Å²) in [5.74, 6) is 0.0639. The third-order valence-electron chi connectivity index (χ3n) is 2.47. The number of carbonyl (C=O) groups excluding carboxylic acids is 1. The second-order valence-corrected chi connectivity index (χ2v) is 4.71. The summed E-state index contributed by atoms with van der Waals surface area (Å²) in [6.45, 7) is 3.46. The average Bonchev–Trinajstić information content (AvgIpc) is 2.28. The van der Waals surface area contributed by atoms with Gasteiger partial charge in [0.2, 0.25) is 0 Å². The van der Waals surface area contributed by atoms with Gasteiger partial charge in [-0.1, -0.05) is 22.0 Å². The Bertz CT molecular complexity index is 379. The maximum atomic E-state index is 12.1. The molecule has 1 amide bonds. The van der Waals surface area contributed by atoms with Crippen molar-refractivity contribution in [2.75, 3.05) is 27.2 Å². The summed E-state index contributed by atoms with van der Waals surface area (Å²) in [6.07, 6.45) is 0. The van der Waals surface area contributed by atoms with E-state index >= 15 is 0 Å². The molecule has 0 bridgehead atoms. The van der Waals surface area contributed by atoms with Crippen molar-refractivity contribution < 1.29 is 4.79 Å². The quantitative estimate of drug-likeness (QED) is 0.918. The molecule has 0 heterocycles. The fourth-order valence-corrected chi connectivity index (χ4v) is 1.77. The number of nitrogens with zero attached hydrogens (tertiary/aromatic N) is 1. The second kappa shape index (κ2) is 6.01. The molecule has 0 radical (unpaired) electrons. The second-order valence-electron chi connectivity index (χ2n) is 3.79. The Kier molecular flexibility index (Phi) is 4.96. The van der Waals surface area contributed by atoms with Gasteiger partial charge in [-0.05, 0) is 31.7 Å². The molecule has 0 aliphatic carbocycles. The van der Waals surface area contributed by atoms with Crippen molar-refractivity contribution >= 4 is 21.8 Å². The van der Waals surface area contributed by atoms with Gasteiger partial charge in [-0.25, -0.2) is 0 Å². The van der Waals surface area contributed by atoms with Crippen LogP contribution in [0.1, 0.15) is 15.9 Å². The molecule has 0 saturated heterocycles. The highest BCUT2D eigenvalue weighted by molar-refractivity contribution is 9.10. The molecule has 3 nitrogen and oxygen atoms in total. The smallest absolute Gasteiger partial charge is 0.253 e. The van der Waals surface area contributed by atoms with Gasteiger partial charge in [0, 0.05) is 30.2 Å². The minimum atomic E-state index is 0.0639. The number of carbonyl (C=O) groups is 1. The van der Waals surface area contributed by atoms with Crippen molar-refractivity contribution in [3.05, 3.63) is 33.8 Å². The first-order valence-corrected chi connectivity index (χ1v) is 6.01. The molecule has 4 heteroatoms. The molecule has 88 valence electrons. The van der Waals surface area contributed by atoms with Crippen LogP contribution in [-0.2, 0) is 0 Å². The monoisotopic (exact) mass is 284 g/mol. The summed E-state index contributed by atoms with van der Waals surface area (Å²) in [7, 11) is 3.70. The lowest BCUT2D eigenvalue weighted by Gasteiger charge is -2.18. The summed E-state index contributed by atoms with van der Waals surface area (Å²) in [5.41, 5.74) is 1.76. The number of benzene rings is 1. The Hall–Kier alpha value is -0.870. The van der Waals surface area contributed by atoms with Gasteiger partial charge in [0.1, 0.15) is 0 Å². The first kappa shape index (κ1) is 13.2. The summed E-state index contributed by atoms with van der Waals surface area (Å²) >= 11 is 3.38. The fourth-order valence-electron chi connectivity index (χ4n) is 1.41. The van der Waals surface area contributed by atoms with Gasteiger partial charge in [0.25, 0.3) is 5.91 Å². The van der Waals surface area contributed by atoms with Crippen molar-refractivity contribution in [3.8, 4) is 0 Å². The number of amides is 1. The largest absolute Gasteiger partial charge is 0.340 e. The standard InChI is InChI=1S/C12H17BrN2O/c1-9-4-5-10(13)8-11(9)12(16)15(3)7-6-14-2/h4-5,8,14H,6-7H2,1-3H3. The Labute approximate surface area is 105 Å². The van der Waals surface area contributed by atoms with E-state index in [4.69, 9.17) is 0 Å². The number of aryl methyl sites for hydroxylation is 1. The highest BCUT2D eigenvalue weighted by Gasteiger charge is 2.13. The zero-order chi connectivity index (χ0) is 12.1. The van der Waals surface area contributed by atoms with E-state index in [0.717, 1.165) is 22.1 Å². The number of hydrogen-bond donors (Lipinski definition) is 1. The van der Waals surface area contributed by atoms with Crippen molar-refractivity contribution in [3.63, 3.8) is 0 Å². The minimum absolute atomic E-state index is 0.0639. The Morgan fingerprint density at radius 1 is 1.50 bits per heavy atom. The van der Waals surface area contributed by atoms with E-state index in [9.17, 15) is 4.79 Å². The van der Waals surface area contributed by atoms with E-state index in [2.05, 4.69) is 21.2 Å². The molecular weight excluding hydrogens is 268 g/mol. The number of nitrogens with one attached hydrogen (secondary N) is 1. The van der Waals surface area contributed by atoms with Gasteiger partial charge >= 0.3 is 0 Å². The van der Waals surface area contributed by atoms with Gasteiger partial charge < -0.3 is 10.2 Å². The van der Waals surface area contributed by atoms with Gasteiger partial charge in [-0.2, -0.15) is 0 Å². The van der Waals surface area contributed by atoms with E-state index in [-0.39, 0.29) is 5.91 Å². The van der Waals surface area contributed by atoms with E-state index in [1.807, 2.05) is 39.2 Å². The van der Waals surface area contributed by atoms with Crippen molar-refractivity contribution in [2.45, 2.75) is 6.92 Å². The van der Waals surface area contributed by atoms with E-state index in [1.54, 1.807) is 4.90 Å². The van der Waals surface area contributed by atoms with Crippen LogP contribution in [0.15, 0.2) is 22.7 Å². The molecule has 1 rings (SSSR count). The zero-order valence-corrected chi connectivity index (χ0v) is 11.5.